The first-order valence-electron chi connectivity index (χ1n) is 9.49. The summed E-state index contributed by atoms with van der Waals surface area (Å²) in [5.74, 6) is 0.425. The molecule has 7 heteroatoms. The summed E-state index contributed by atoms with van der Waals surface area (Å²) in [6.07, 6.45) is 4.91. The van der Waals surface area contributed by atoms with Crippen LogP contribution in [-0.4, -0.2) is 48.3 Å². The van der Waals surface area contributed by atoms with Gasteiger partial charge in [-0.25, -0.2) is 4.79 Å². The molecule has 0 bridgehead atoms. The lowest BCUT2D eigenvalue weighted by atomic mass is 10.2. The molecular formula is C20H32O6Si. The molecule has 0 N–H and O–H groups in total. The summed E-state index contributed by atoms with van der Waals surface area (Å²) in [5.41, 5.74) is 0.911. The van der Waals surface area contributed by atoms with Crippen LogP contribution in [0.4, 0.5) is 0 Å². The predicted molar refractivity (Wildman–Crippen MR) is 108 cm³/mol. The summed E-state index contributed by atoms with van der Waals surface area (Å²) in [6, 6.07) is 8.36. The second-order valence-corrected chi connectivity index (χ2v) is 8.45. The number of benzene rings is 1. The van der Waals surface area contributed by atoms with Crippen molar-refractivity contribution >= 4 is 20.8 Å². The van der Waals surface area contributed by atoms with Crippen molar-refractivity contribution in [2.24, 2.45) is 0 Å². The van der Waals surface area contributed by atoms with Gasteiger partial charge in [-0.15, -0.1) is 0 Å². The first-order chi connectivity index (χ1) is 13.1. The van der Waals surface area contributed by atoms with E-state index in [-0.39, 0.29) is 5.97 Å². The van der Waals surface area contributed by atoms with Crippen molar-refractivity contribution in [1.29, 1.82) is 0 Å². The fourth-order valence-corrected chi connectivity index (χ4v) is 5.23. The number of esters is 1. The summed E-state index contributed by atoms with van der Waals surface area (Å²) < 4.78 is 27.9. The van der Waals surface area contributed by atoms with Crippen molar-refractivity contribution in [3.8, 4) is 5.75 Å². The number of hydrogen-bond donors (Lipinski definition) is 0. The summed E-state index contributed by atoms with van der Waals surface area (Å²) >= 11 is 0. The van der Waals surface area contributed by atoms with Gasteiger partial charge in [0.15, 0.2) is 0 Å². The maximum Gasteiger partial charge on any atom is 0.500 e. The molecule has 0 heterocycles. The van der Waals surface area contributed by atoms with Crippen LogP contribution in [0.3, 0.4) is 0 Å². The fourth-order valence-electron chi connectivity index (χ4n) is 2.54. The molecule has 0 atom stereocenters. The van der Waals surface area contributed by atoms with Gasteiger partial charge in [0.05, 0.1) is 13.7 Å². The third kappa shape index (κ3) is 9.19. The molecule has 27 heavy (non-hydrogen) atoms. The van der Waals surface area contributed by atoms with E-state index in [1.165, 1.54) is 13.2 Å². The monoisotopic (exact) mass is 396 g/mol. The maximum atomic E-state index is 11.1. The minimum absolute atomic E-state index is 0.374. The van der Waals surface area contributed by atoms with E-state index in [0.717, 1.165) is 30.2 Å². The highest BCUT2D eigenvalue weighted by molar-refractivity contribution is 6.60. The standard InChI is InChI=1S/C20H32O6Si/c1-5-24-27(25-6-2,26-7-3)17-9-8-16-23-19-13-10-18(11-14-19)12-15-20(21)22-4/h10-15H,5-9,16-17H2,1-4H3/b15-12+. The first kappa shape index (κ1) is 23.4. The average molecular weight is 397 g/mol. The lowest BCUT2D eigenvalue weighted by Crippen LogP contribution is -2.45. The molecule has 0 radical (unpaired) electrons. The van der Waals surface area contributed by atoms with Crippen molar-refractivity contribution < 1.29 is 27.5 Å². The van der Waals surface area contributed by atoms with Crippen LogP contribution in [0.2, 0.25) is 6.04 Å². The van der Waals surface area contributed by atoms with E-state index in [1.54, 1.807) is 6.08 Å². The van der Waals surface area contributed by atoms with E-state index < -0.39 is 8.80 Å². The third-order valence-corrected chi connectivity index (χ3v) is 6.88. The van der Waals surface area contributed by atoms with Crippen LogP contribution in [0, 0.1) is 0 Å². The minimum Gasteiger partial charge on any atom is -0.494 e. The fraction of sp³-hybridized carbons (Fsp3) is 0.550. The van der Waals surface area contributed by atoms with E-state index in [1.807, 2.05) is 45.0 Å². The quantitative estimate of drug-likeness (QED) is 0.204. The van der Waals surface area contributed by atoms with Gasteiger partial charge < -0.3 is 22.8 Å². The average Bonchev–Trinajstić information content (AvgIpc) is 2.67. The van der Waals surface area contributed by atoms with Gasteiger partial charge in [-0.05, 0) is 57.4 Å². The Kier molecular flexibility index (Phi) is 11.7. The van der Waals surface area contributed by atoms with E-state index >= 15 is 0 Å². The molecule has 1 aromatic carbocycles. The molecular weight excluding hydrogens is 364 g/mol. The van der Waals surface area contributed by atoms with Crippen LogP contribution < -0.4 is 4.74 Å². The van der Waals surface area contributed by atoms with Gasteiger partial charge in [0, 0.05) is 31.9 Å². The Bertz CT molecular complexity index is 541. The molecule has 0 saturated heterocycles. The van der Waals surface area contributed by atoms with E-state index in [4.69, 9.17) is 18.0 Å². The van der Waals surface area contributed by atoms with Crippen LogP contribution in [0.15, 0.2) is 30.3 Å². The maximum absolute atomic E-state index is 11.1. The highest BCUT2D eigenvalue weighted by atomic mass is 28.4. The Morgan fingerprint density at radius 1 is 0.963 bits per heavy atom. The summed E-state index contributed by atoms with van der Waals surface area (Å²) in [7, 11) is -1.20. The molecule has 0 fully saturated rings. The second-order valence-electron chi connectivity index (χ2n) is 5.71. The highest BCUT2D eigenvalue weighted by Gasteiger charge is 2.39. The molecule has 6 nitrogen and oxygen atoms in total. The molecule has 1 rings (SSSR count). The van der Waals surface area contributed by atoms with Gasteiger partial charge in [0.25, 0.3) is 0 Å². The van der Waals surface area contributed by atoms with Crippen LogP contribution in [-0.2, 0) is 22.8 Å². The topological polar surface area (TPSA) is 63.2 Å². The second kappa shape index (κ2) is 13.5. The van der Waals surface area contributed by atoms with E-state index in [2.05, 4.69) is 4.74 Å². The van der Waals surface area contributed by atoms with Crippen LogP contribution in [0.5, 0.6) is 5.75 Å². The Balaban J connectivity index is 2.40. The van der Waals surface area contributed by atoms with Crippen molar-refractivity contribution in [2.75, 3.05) is 33.5 Å². The van der Waals surface area contributed by atoms with Gasteiger partial charge >= 0.3 is 14.8 Å². The Morgan fingerprint density at radius 3 is 2.07 bits per heavy atom. The number of methoxy groups -OCH3 is 1. The Morgan fingerprint density at radius 2 is 1.56 bits per heavy atom. The number of carbonyl (C=O) groups is 1. The molecule has 0 aromatic heterocycles. The van der Waals surface area contributed by atoms with Gasteiger partial charge in [0.2, 0.25) is 0 Å². The molecule has 0 spiro atoms. The van der Waals surface area contributed by atoms with Crippen molar-refractivity contribution in [3.05, 3.63) is 35.9 Å². The van der Waals surface area contributed by atoms with Crippen molar-refractivity contribution in [3.63, 3.8) is 0 Å². The van der Waals surface area contributed by atoms with Crippen molar-refractivity contribution in [2.45, 2.75) is 39.7 Å². The third-order valence-electron chi connectivity index (χ3n) is 3.73. The minimum atomic E-state index is -2.55. The molecule has 1 aromatic rings. The lowest BCUT2D eigenvalue weighted by molar-refractivity contribution is -0.134. The van der Waals surface area contributed by atoms with Crippen LogP contribution >= 0.6 is 0 Å². The lowest BCUT2D eigenvalue weighted by Gasteiger charge is -2.28. The zero-order valence-corrected chi connectivity index (χ0v) is 17.9. The summed E-state index contributed by atoms with van der Waals surface area (Å²) in [4.78, 5) is 11.1. The largest absolute Gasteiger partial charge is 0.500 e. The van der Waals surface area contributed by atoms with Gasteiger partial charge in [0.1, 0.15) is 5.75 Å². The number of hydrogen-bond acceptors (Lipinski definition) is 6. The van der Waals surface area contributed by atoms with Gasteiger partial charge in [-0.1, -0.05) is 12.1 Å². The Hall–Kier alpha value is -1.67. The Labute approximate surface area is 163 Å². The zero-order chi connectivity index (χ0) is 20.0. The highest BCUT2D eigenvalue weighted by Crippen LogP contribution is 2.20. The van der Waals surface area contributed by atoms with E-state index in [0.29, 0.717) is 26.4 Å². The zero-order valence-electron chi connectivity index (χ0n) is 16.9. The van der Waals surface area contributed by atoms with Gasteiger partial charge in [-0.2, -0.15) is 0 Å². The SMILES string of the molecule is CCO[Si](CCCCOc1ccc(/C=C/C(=O)OC)cc1)(OCC)OCC. The molecule has 0 amide bonds. The molecule has 0 aliphatic rings. The van der Waals surface area contributed by atoms with Crippen LogP contribution in [0.25, 0.3) is 6.08 Å². The smallest absolute Gasteiger partial charge is 0.494 e. The molecule has 152 valence electrons. The number of carbonyl (C=O) groups excluding carboxylic acids is 1. The molecule has 0 aliphatic heterocycles. The number of unbranched alkanes of at least 4 members (excludes halogenated alkanes) is 1. The van der Waals surface area contributed by atoms with E-state index in [9.17, 15) is 4.79 Å². The molecule has 0 aliphatic carbocycles. The number of ether oxygens (including phenoxy) is 2. The first-order valence-corrected chi connectivity index (χ1v) is 11.4. The summed E-state index contributed by atoms with van der Waals surface area (Å²) in [6.45, 7) is 8.30. The summed E-state index contributed by atoms with van der Waals surface area (Å²) in [5, 5.41) is 0. The van der Waals surface area contributed by atoms with Gasteiger partial charge in [-0.3, -0.25) is 0 Å². The van der Waals surface area contributed by atoms with Crippen LogP contribution in [0.1, 0.15) is 39.2 Å². The molecule has 0 unspecified atom stereocenters. The van der Waals surface area contributed by atoms with Crippen molar-refractivity contribution in [1.82, 2.24) is 0 Å². The normalized spacial score (nSPS) is 11.7. The molecule has 0 saturated carbocycles. The number of rotatable bonds is 14. The predicted octanol–water partition coefficient (Wildman–Crippen LogP) is 4.08.